The van der Waals surface area contributed by atoms with E-state index in [4.69, 9.17) is 4.74 Å². The third-order valence-corrected chi connectivity index (χ3v) is 5.75. The fourth-order valence-electron chi connectivity index (χ4n) is 3.37. The molecule has 1 aromatic carbocycles. The molecule has 29 heavy (non-hydrogen) atoms. The smallest absolute Gasteiger partial charge is 0.379 e. The number of hydrogen-bond acceptors (Lipinski definition) is 6. The van der Waals surface area contributed by atoms with Crippen LogP contribution in [0.25, 0.3) is 16.4 Å². The number of carbonyl (C=O) groups is 2. The number of amides is 1. The van der Waals surface area contributed by atoms with Gasteiger partial charge in [-0.3, -0.25) is 4.79 Å². The number of esters is 1. The van der Waals surface area contributed by atoms with Gasteiger partial charge in [0.15, 0.2) is 11.9 Å². The summed E-state index contributed by atoms with van der Waals surface area (Å²) in [4.78, 5) is 30.2. The second-order valence-corrected chi connectivity index (χ2v) is 7.97. The van der Waals surface area contributed by atoms with Crippen molar-refractivity contribution in [3.63, 3.8) is 0 Å². The molecule has 1 aliphatic carbocycles. The van der Waals surface area contributed by atoms with Crippen molar-refractivity contribution in [3.05, 3.63) is 53.7 Å². The lowest BCUT2D eigenvalue weighted by atomic mass is 10.2. The third kappa shape index (κ3) is 4.37. The molecule has 3 aromatic rings. The molecule has 1 fully saturated rings. The van der Waals surface area contributed by atoms with E-state index in [1.54, 1.807) is 11.6 Å². The van der Waals surface area contributed by atoms with Crippen molar-refractivity contribution in [1.82, 2.24) is 20.1 Å². The molecule has 0 bridgehead atoms. The molecule has 1 saturated carbocycles. The normalized spacial score (nSPS) is 15.2. The van der Waals surface area contributed by atoms with Gasteiger partial charge in [-0.1, -0.05) is 37.1 Å². The van der Waals surface area contributed by atoms with Gasteiger partial charge < -0.3 is 10.1 Å². The lowest BCUT2D eigenvalue weighted by molar-refractivity contribution is -0.129. The Kier molecular flexibility index (Phi) is 5.71. The highest BCUT2D eigenvalue weighted by Gasteiger charge is 2.26. The Hall–Kier alpha value is -3.00. The van der Waals surface area contributed by atoms with Crippen LogP contribution >= 0.6 is 11.3 Å². The van der Waals surface area contributed by atoms with Crippen LogP contribution in [0, 0.1) is 0 Å². The fourth-order valence-corrected chi connectivity index (χ4v) is 4.07. The number of carbonyl (C=O) groups excluding carboxylic acids is 2. The molecule has 0 spiro atoms. The summed E-state index contributed by atoms with van der Waals surface area (Å²) in [5.41, 5.74) is 0.787. The molecule has 1 atom stereocenters. The van der Waals surface area contributed by atoms with E-state index in [1.165, 1.54) is 11.3 Å². The van der Waals surface area contributed by atoms with Crippen molar-refractivity contribution >= 4 is 23.2 Å². The van der Waals surface area contributed by atoms with Crippen LogP contribution < -0.4 is 5.32 Å². The number of nitrogens with one attached hydrogen (secondary N) is 1. The maximum absolute atomic E-state index is 12.6. The van der Waals surface area contributed by atoms with E-state index in [1.807, 2.05) is 47.8 Å². The Morgan fingerprint density at radius 2 is 1.93 bits per heavy atom. The summed E-state index contributed by atoms with van der Waals surface area (Å²) in [5, 5.41) is 9.24. The Balaban J connectivity index is 1.53. The Morgan fingerprint density at radius 3 is 2.62 bits per heavy atom. The zero-order chi connectivity index (χ0) is 20.2. The maximum atomic E-state index is 12.6. The molecule has 2 aromatic heterocycles. The minimum atomic E-state index is -0.906. The zero-order valence-corrected chi connectivity index (χ0v) is 16.9. The van der Waals surface area contributed by atoms with Crippen LogP contribution in [0.15, 0.2) is 47.8 Å². The minimum absolute atomic E-state index is 0.0715. The van der Waals surface area contributed by atoms with Crippen LogP contribution in [-0.4, -0.2) is 38.8 Å². The van der Waals surface area contributed by atoms with E-state index in [2.05, 4.69) is 15.4 Å². The Labute approximate surface area is 172 Å². The van der Waals surface area contributed by atoms with Crippen LogP contribution in [0.1, 0.15) is 43.2 Å². The first kappa shape index (κ1) is 19.3. The molecule has 7 nitrogen and oxygen atoms in total. The van der Waals surface area contributed by atoms with E-state index < -0.39 is 12.1 Å². The molecule has 150 valence electrons. The van der Waals surface area contributed by atoms with Gasteiger partial charge >= 0.3 is 5.97 Å². The third-order valence-electron chi connectivity index (χ3n) is 4.89. The Bertz CT molecular complexity index is 979. The van der Waals surface area contributed by atoms with E-state index in [9.17, 15) is 9.59 Å². The van der Waals surface area contributed by atoms with E-state index in [-0.39, 0.29) is 17.8 Å². The number of nitrogens with zero attached hydrogens (tertiary/aromatic N) is 3. The van der Waals surface area contributed by atoms with Crippen LogP contribution in [0.2, 0.25) is 0 Å². The van der Waals surface area contributed by atoms with Gasteiger partial charge in [0.05, 0.1) is 10.6 Å². The van der Waals surface area contributed by atoms with Gasteiger partial charge in [0, 0.05) is 6.04 Å². The molecule has 1 N–H and O–H groups in total. The van der Waals surface area contributed by atoms with Crippen molar-refractivity contribution < 1.29 is 14.3 Å². The van der Waals surface area contributed by atoms with Gasteiger partial charge in [-0.2, -0.15) is 4.98 Å². The molecule has 0 radical (unpaired) electrons. The van der Waals surface area contributed by atoms with Crippen molar-refractivity contribution in [3.8, 4) is 16.4 Å². The minimum Gasteiger partial charge on any atom is -0.447 e. The average Bonchev–Trinajstić information content (AvgIpc) is 3.49. The number of benzene rings is 1. The summed E-state index contributed by atoms with van der Waals surface area (Å²) in [6, 6.07) is 13.5. The summed E-state index contributed by atoms with van der Waals surface area (Å²) < 4.78 is 6.96. The molecular weight excluding hydrogens is 388 g/mol. The quantitative estimate of drug-likeness (QED) is 0.628. The predicted molar refractivity (Wildman–Crippen MR) is 110 cm³/mol. The summed E-state index contributed by atoms with van der Waals surface area (Å²) in [5.74, 6) is -0.517. The SMILES string of the molecule is CC(OC(=O)c1nc(-c2cccs2)n(-c2ccccc2)n1)C(=O)NC1CCCC1. The van der Waals surface area contributed by atoms with Gasteiger partial charge in [0.1, 0.15) is 0 Å². The van der Waals surface area contributed by atoms with Gasteiger partial charge in [-0.25, -0.2) is 9.48 Å². The number of para-hydroxylation sites is 1. The van der Waals surface area contributed by atoms with Crippen molar-refractivity contribution in [2.24, 2.45) is 0 Å². The first-order chi connectivity index (χ1) is 14.1. The molecule has 1 amide bonds. The fraction of sp³-hybridized carbons (Fsp3) is 0.333. The van der Waals surface area contributed by atoms with Crippen LogP contribution in [0.5, 0.6) is 0 Å². The van der Waals surface area contributed by atoms with E-state index >= 15 is 0 Å². The molecule has 1 aliphatic rings. The van der Waals surface area contributed by atoms with Crippen molar-refractivity contribution in [2.45, 2.75) is 44.8 Å². The lowest BCUT2D eigenvalue weighted by Crippen LogP contribution is -2.41. The van der Waals surface area contributed by atoms with Crippen molar-refractivity contribution in [2.75, 3.05) is 0 Å². The van der Waals surface area contributed by atoms with Gasteiger partial charge in [-0.05, 0) is 43.3 Å². The number of rotatable bonds is 6. The molecule has 8 heteroatoms. The first-order valence-corrected chi connectivity index (χ1v) is 10.6. The largest absolute Gasteiger partial charge is 0.447 e. The molecule has 0 aliphatic heterocycles. The average molecular weight is 410 g/mol. The highest BCUT2D eigenvalue weighted by atomic mass is 32.1. The highest BCUT2D eigenvalue weighted by molar-refractivity contribution is 7.13. The van der Waals surface area contributed by atoms with Crippen LogP contribution in [0.4, 0.5) is 0 Å². The second-order valence-electron chi connectivity index (χ2n) is 7.02. The number of ether oxygens (including phenoxy) is 1. The van der Waals surface area contributed by atoms with Gasteiger partial charge in [0.25, 0.3) is 11.7 Å². The predicted octanol–water partition coefficient (Wildman–Crippen LogP) is 3.60. The van der Waals surface area contributed by atoms with Crippen LogP contribution in [0.3, 0.4) is 0 Å². The monoisotopic (exact) mass is 410 g/mol. The highest BCUT2D eigenvalue weighted by Crippen LogP contribution is 2.25. The van der Waals surface area contributed by atoms with E-state index in [0.29, 0.717) is 5.82 Å². The summed E-state index contributed by atoms with van der Waals surface area (Å²) in [7, 11) is 0. The molecular formula is C21H22N4O3S. The topological polar surface area (TPSA) is 86.1 Å². The van der Waals surface area contributed by atoms with Crippen molar-refractivity contribution in [1.29, 1.82) is 0 Å². The van der Waals surface area contributed by atoms with E-state index in [0.717, 1.165) is 36.2 Å². The molecule has 2 heterocycles. The number of thiophene rings is 1. The summed E-state index contributed by atoms with van der Waals surface area (Å²) in [6.45, 7) is 1.57. The number of hydrogen-bond donors (Lipinski definition) is 1. The van der Waals surface area contributed by atoms with Gasteiger partial charge in [0.2, 0.25) is 0 Å². The first-order valence-electron chi connectivity index (χ1n) is 9.69. The Morgan fingerprint density at radius 1 is 1.17 bits per heavy atom. The maximum Gasteiger partial charge on any atom is 0.379 e. The molecule has 0 saturated heterocycles. The summed E-state index contributed by atoms with van der Waals surface area (Å²) >= 11 is 1.51. The standard InChI is InChI=1S/C21H22N4O3S/c1-14(20(26)22-15-8-5-6-9-15)28-21(27)18-23-19(17-12-7-13-29-17)25(24-18)16-10-3-2-4-11-16/h2-4,7,10-15H,5-6,8-9H2,1H3,(H,22,26). The van der Waals surface area contributed by atoms with Crippen LogP contribution in [-0.2, 0) is 9.53 Å². The molecule has 4 rings (SSSR count). The zero-order valence-electron chi connectivity index (χ0n) is 16.1. The summed E-state index contributed by atoms with van der Waals surface area (Å²) in [6.07, 6.45) is 3.27. The lowest BCUT2D eigenvalue weighted by Gasteiger charge is -2.16. The second kappa shape index (κ2) is 8.57. The van der Waals surface area contributed by atoms with Gasteiger partial charge in [-0.15, -0.1) is 16.4 Å². The number of aromatic nitrogens is 3. The molecule has 1 unspecified atom stereocenters.